The van der Waals surface area contributed by atoms with E-state index in [9.17, 15) is 10.1 Å². The Morgan fingerprint density at radius 3 is 2.81 bits per heavy atom. The summed E-state index contributed by atoms with van der Waals surface area (Å²) in [5, 5.41) is 10.5. The molecule has 3 aromatic rings. The molecule has 2 aliphatic heterocycles. The second-order valence-corrected chi connectivity index (χ2v) is 7.18. The minimum absolute atomic E-state index is 0.00780. The fraction of sp³-hybridized carbons (Fsp3) is 0.100. The van der Waals surface area contributed by atoms with Crippen LogP contribution in [0.4, 0.5) is 0 Å². The number of ether oxygens (including phenoxy) is 3. The molecular formula is C20H12N2O4S. The third kappa shape index (κ3) is 2.27. The van der Waals surface area contributed by atoms with Crippen LogP contribution in [0, 0.1) is 11.3 Å². The monoisotopic (exact) mass is 376 g/mol. The van der Waals surface area contributed by atoms with Crippen molar-refractivity contribution in [2.45, 2.75) is 5.92 Å². The van der Waals surface area contributed by atoms with Crippen molar-refractivity contribution in [2.75, 3.05) is 6.79 Å². The van der Waals surface area contributed by atoms with E-state index < -0.39 is 5.92 Å². The SMILES string of the molecule is N#CC1=C(N)Oc2c(c(=O)sc3ccccc23)C1c1ccc2c(c1)OCO2. The zero-order valence-corrected chi connectivity index (χ0v) is 14.7. The number of fused-ring (bicyclic) bond motifs is 4. The molecule has 6 nitrogen and oxygen atoms in total. The number of benzene rings is 2. The van der Waals surface area contributed by atoms with Crippen molar-refractivity contribution in [3.63, 3.8) is 0 Å². The van der Waals surface area contributed by atoms with Crippen molar-refractivity contribution in [1.29, 1.82) is 5.26 Å². The van der Waals surface area contributed by atoms with Gasteiger partial charge >= 0.3 is 0 Å². The fourth-order valence-electron chi connectivity index (χ4n) is 3.49. The molecule has 1 unspecified atom stereocenters. The van der Waals surface area contributed by atoms with Crippen LogP contribution >= 0.6 is 11.3 Å². The van der Waals surface area contributed by atoms with Gasteiger partial charge in [0.15, 0.2) is 11.5 Å². The molecule has 0 spiro atoms. The van der Waals surface area contributed by atoms with Crippen LogP contribution in [-0.4, -0.2) is 6.79 Å². The van der Waals surface area contributed by atoms with Gasteiger partial charge in [0.25, 0.3) is 0 Å². The van der Waals surface area contributed by atoms with Crippen LogP contribution in [0.25, 0.3) is 10.1 Å². The topological polar surface area (TPSA) is 94.6 Å². The van der Waals surface area contributed by atoms with Gasteiger partial charge in [-0.1, -0.05) is 29.5 Å². The predicted molar refractivity (Wildman–Crippen MR) is 100.0 cm³/mol. The maximum absolute atomic E-state index is 13.0. The van der Waals surface area contributed by atoms with E-state index in [1.807, 2.05) is 30.3 Å². The molecule has 2 aliphatic rings. The maximum Gasteiger partial charge on any atom is 0.240 e. The number of hydrogen-bond donors (Lipinski definition) is 1. The zero-order valence-electron chi connectivity index (χ0n) is 13.9. The van der Waals surface area contributed by atoms with Gasteiger partial charge in [0.1, 0.15) is 17.4 Å². The van der Waals surface area contributed by atoms with Crippen molar-refractivity contribution in [3.8, 4) is 23.3 Å². The first-order valence-corrected chi connectivity index (χ1v) is 9.02. The van der Waals surface area contributed by atoms with E-state index in [-0.39, 0.29) is 23.0 Å². The fourth-order valence-corrected chi connectivity index (χ4v) is 4.43. The van der Waals surface area contributed by atoms with Crippen molar-refractivity contribution in [1.82, 2.24) is 0 Å². The van der Waals surface area contributed by atoms with E-state index >= 15 is 0 Å². The van der Waals surface area contributed by atoms with Gasteiger partial charge in [-0.15, -0.1) is 0 Å². The Morgan fingerprint density at radius 1 is 1.15 bits per heavy atom. The Balaban J connectivity index is 1.82. The summed E-state index contributed by atoms with van der Waals surface area (Å²) in [6, 6.07) is 15.0. The van der Waals surface area contributed by atoms with Gasteiger partial charge in [-0.2, -0.15) is 5.26 Å². The van der Waals surface area contributed by atoms with Crippen molar-refractivity contribution in [3.05, 3.63) is 74.6 Å². The second-order valence-electron chi connectivity index (χ2n) is 6.17. The summed E-state index contributed by atoms with van der Waals surface area (Å²) in [6.07, 6.45) is 0. The second kappa shape index (κ2) is 5.76. The van der Waals surface area contributed by atoms with Gasteiger partial charge in [-0.05, 0) is 29.8 Å². The molecule has 0 amide bonds. The standard InChI is InChI=1S/C20H12N2O4S/c21-8-12-16(10-5-6-13-14(7-10)25-9-24-13)17-18(26-19(12)22)11-3-1-2-4-15(11)27-20(17)23/h1-7,16H,9,22H2. The lowest BCUT2D eigenvalue weighted by molar-refractivity contribution is 0.174. The first kappa shape index (κ1) is 15.7. The summed E-state index contributed by atoms with van der Waals surface area (Å²) >= 11 is 1.13. The third-order valence-corrected chi connectivity index (χ3v) is 5.69. The van der Waals surface area contributed by atoms with Gasteiger partial charge in [-0.3, -0.25) is 4.79 Å². The van der Waals surface area contributed by atoms with Gasteiger partial charge < -0.3 is 19.9 Å². The average Bonchev–Trinajstić information content (AvgIpc) is 3.15. The zero-order chi connectivity index (χ0) is 18.5. The summed E-state index contributed by atoms with van der Waals surface area (Å²) < 4.78 is 17.2. The summed E-state index contributed by atoms with van der Waals surface area (Å²) in [7, 11) is 0. The highest BCUT2D eigenvalue weighted by atomic mass is 32.1. The molecule has 0 saturated heterocycles. The van der Waals surface area contributed by atoms with Crippen molar-refractivity contribution < 1.29 is 14.2 Å². The van der Waals surface area contributed by atoms with E-state index in [0.717, 1.165) is 27.0 Å². The maximum atomic E-state index is 13.0. The Labute approximate surface area is 157 Å². The number of nitrogens with zero attached hydrogens (tertiary/aromatic N) is 1. The number of rotatable bonds is 1. The molecule has 3 heterocycles. The van der Waals surface area contributed by atoms with Gasteiger partial charge in [0.2, 0.25) is 17.4 Å². The molecule has 0 radical (unpaired) electrons. The van der Waals surface area contributed by atoms with E-state index in [4.69, 9.17) is 19.9 Å². The molecule has 2 aromatic carbocycles. The highest BCUT2D eigenvalue weighted by Crippen LogP contribution is 2.46. The Morgan fingerprint density at radius 2 is 1.96 bits per heavy atom. The quantitative estimate of drug-likeness (QED) is 0.701. The Kier molecular flexibility index (Phi) is 3.35. The van der Waals surface area contributed by atoms with Crippen molar-refractivity contribution in [2.24, 2.45) is 5.73 Å². The molecule has 1 atom stereocenters. The van der Waals surface area contributed by atoms with E-state index in [0.29, 0.717) is 22.8 Å². The van der Waals surface area contributed by atoms with E-state index in [2.05, 4.69) is 6.07 Å². The summed E-state index contributed by atoms with van der Waals surface area (Å²) in [6.45, 7) is 0.145. The summed E-state index contributed by atoms with van der Waals surface area (Å²) in [4.78, 5) is 13.0. The van der Waals surface area contributed by atoms with Gasteiger partial charge in [0.05, 0.1) is 11.5 Å². The Hall–Kier alpha value is -3.50. The molecule has 132 valence electrons. The molecule has 2 N–H and O–H groups in total. The van der Waals surface area contributed by atoms with Gasteiger partial charge in [-0.25, -0.2) is 0 Å². The molecule has 0 aliphatic carbocycles. The minimum Gasteiger partial charge on any atom is -0.454 e. The largest absolute Gasteiger partial charge is 0.454 e. The lowest BCUT2D eigenvalue weighted by Gasteiger charge is -2.26. The molecule has 0 bridgehead atoms. The molecule has 27 heavy (non-hydrogen) atoms. The first-order chi connectivity index (χ1) is 13.2. The third-order valence-electron chi connectivity index (χ3n) is 4.70. The molecule has 0 saturated carbocycles. The first-order valence-electron chi connectivity index (χ1n) is 8.20. The molecule has 5 rings (SSSR count). The molecule has 7 heteroatoms. The summed E-state index contributed by atoms with van der Waals surface area (Å²) in [5.41, 5.74) is 7.42. The van der Waals surface area contributed by atoms with Crippen molar-refractivity contribution >= 4 is 21.4 Å². The predicted octanol–water partition coefficient (Wildman–Crippen LogP) is 3.21. The Bertz CT molecular complexity index is 1240. The van der Waals surface area contributed by atoms with Crippen LogP contribution in [-0.2, 0) is 0 Å². The average molecular weight is 376 g/mol. The van der Waals surface area contributed by atoms with Crippen LogP contribution in [0.5, 0.6) is 17.2 Å². The van der Waals surface area contributed by atoms with Crippen LogP contribution in [0.2, 0.25) is 0 Å². The van der Waals surface area contributed by atoms with E-state index in [1.54, 1.807) is 12.1 Å². The van der Waals surface area contributed by atoms with Crippen LogP contribution in [0.3, 0.4) is 0 Å². The highest BCUT2D eigenvalue weighted by molar-refractivity contribution is 7.16. The normalized spacial score (nSPS) is 17.4. The number of nitriles is 1. The molecule has 0 fully saturated rings. The minimum atomic E-state index is -0.624. The molecular weight excluding hydrogens is 364 g/mol. The highest BCUT2D eigenvalue weighted by Gasteiger charge is 2.35. The van der Waals surface area contributed by atoms with Gasteiger partial charge in [0, 0.05) is 10.1 Å². The lowest BCUT2D eigenvalue weighted by Crippen LogP contribution is -2.25. The smallest absolute Gasteiger partial charge is 0.240 e. The number of allylic oxidation sites excluding steroid dienone is 1. The van der Waals surface area contributed by atoms with Crippen LogP contribution in [0.1, 0.15) is 17.0 Å². The lowest BCUT2D eigenvalue weighted by atomic mass is 9.84. The summed E-state index contributed by atoms with van der Waals surface area (Å²) in [5.74, 6) is 1.00. The number of hydrogen-bond acceptors (Lipinski definition) is 7. The molecule has 1 aromatic heterocycles. The number of nitrogens with two attached hydrogens (primary N) is 1. The van der Waals surface area contributed by atoms with Crippen LogP contribution < -0.4 is 24.7 Å². The van der Waals surface area contributed by atoms with E-state index in [1.165, 1.54) is 0 Å². The van der Waals surface area contributed by atoms with Crippen LogP contribution in [0.15, 0.2) is 58.7 Å².